The van der Waals surface area contributed by atoms with Crippen LogP contribution in [0.1, 0.15) is 22.8 Å². The van der Waals surface area contributed by atoms with E-state index in [1.54, 1.807) is 6.92 Å². The molecule has 0 aliphatic heterocycles. The summed E-state index contributed by atoms with van der Waals surface area (Å²) in [5.41, 5.74) is 1.17. The second kappa shape index (κ2) is 5.65. The SMILES string of the molecule is CC(=O)c1ccc(NS(=O)(=O)c2ccc(C)c(F)c2)cc1. The predicted octanol–water partition coefficient (Wildman–Crippen LogP) is 3.14. The number of hydrogen-bond acceptors (Lipinski definition) is 3. The van der Waals surface area contributed by atoms with Crippen LogP contribution in [0.5, 0.6) is 0 Å². The molecule has 2 rings (SSSR count). The summed E-state index contributed by atoms with van der Waals surface area (Å²) in [7, 11) is -3.86. The Morgan fingerprint density at radius 3 is 2.24 bits per heavy atom. The predicted molar refractivity (Wildman–Crippen MR) is 78.4 cm³/mol. The summed E-state index contributed by atoms with van der Waals surface area (Å²) < 4.78 is 40.1. The minimum Gasteiger partial charge on any atom is -0.295 e. The van der Waals surface area contributed by atoms with Gasteiger partial charge in [0.1, 0.15) is 5.82 Å². The topological polar surface area (TPSA) is 63.2 Å². The number of ketones is 1. The van der Waals surface area contributed by atoms with E-state index in [4.69, 9.17) is 0 Å². The van der Waals surface area contributed by atoms with Crippen LogP contribution in [0.15, 0.2) is 47.4 Å². The number of sulfonamides is 1. The normalized spacial score (nSPS) is 11.2. The first-order valence-electron chi connectivity index (χ1n) is 6.19. The molecular weight excluding hydrogens is 293 g/mol. The molecule has 0 aliphatic rings. The van der Waals surface area contributed by atoms with E-state index in [1.807, 2.05) is 0 Å². The van der Waals surface area contributed by atoms with Crippen LogP contribution in [0.3, 0.4) is 0 Å². The maximum Gasteiger partial charge on any atom is 0.261 e. The van der Waals surface area contributed by atoms with E-state index < -0.39 is 15.8 Å². The molecule has 4 nitrogen and oxygen atoms in total. The van der Waals surface area contributed by atoms with Gasteiger partial charge in [-0.2, -0.15) is 0 Å². The van der Waals surface area contributed by atoms with E-state index >= 15 is 0 Å². The summed E-state index contributed by atoms with van der Waals surface area (Å²) in [4.78, 5) is 11.0. The summed E-state index contributed by atoms with van der Waals surface area (Å²) in [5, 5.41) is 0. The Bertz CT molecular complexity index is 783. The number of hydrogen-bond donors (Lipinski definition) is 1. The average Bonchev–Trinajstić information content (AvgIpc) is 2.42. The van der Waals surface area contributed by atoms with Gasteiger partial charge in [-0.3, -0.25) is 9.52 Å². The fourth-order valence-corrected chi connectivity index (χ4v) is 2.80. The minimum atomic E-state index is -3.86. The fraction of sp³-hybridized carbons (Fsp3) is 0.133. The third-order valence-electron chi connectivity index (χ3n) is 3.00. The highest BCUT2D eigenvalue weighted by molar-refractivity contribution is 7.92. The van der Waals surface area contributed by atoms with Crippen molar-refractivity contribution < 1.29 is 17.6 Å². The number of rotatable bonds is 4. The van der Waals surface area contributed by atoms with Gasteiger partial charge >= 0.3 is 0 Å². The highest BCUT2D eigenvalue weighted by Crippen LogP contribution is 2.19. The fourth-order valence-electron chi connectivity index (χ4n) is 1.73. The molecule has 21 heavy (non-hydrogen) atoms. The van der Waals surface area contributed by atoms with Crippen molar-refractivity contribution in [3.8, 4) is 0 Å². The van der Waals surface area contributed by atoms with E-state index in [0.717, 1.165) is 6.07 Å². The molecule has 0 fully saturated rings. The van der Waals surface area contributed by atoms with Gasteiger partial charge in [-0.25, -0.2) is 12.8 Å². The molecule has 0 aliphatic carbocycles. The third-order valence-corrected chi connectivity index (χ3v) is 4.38. The van der Waals surface area contributed by atoms with Gasteiger partial charge in [0.2, 0.25) is 0 Å². The van der Waals surface area contributed by atoms with Gasteiger partial charge in [-0.15, -0.1) is 0 Å². The summed E-state index contributed by atoms with van der Waals surface area (Å²) in [6.07, 6.45) is 0. The molecule has 2 aromatic carbocycles. The molecule has 0 amide bonds. The largest absolute Gasteiger partial charge is 0.295 e. The quantitative estimate of drug-likeness (QED) is 0.883. The molecule has 0 aromatic heterocycles. The van der Waals surface area contributed by atoms with Gasteiger partial charge in [0.25, 0.3) is 10.0 Å². The van der Waals surface area contributed by atoms with Crippen molar-refractivity contribution in [3.63, 3.8) is 0 Å². The molecule has 0 spiro atoms. The van der Waals surface area contributed by atoms with E-state index in [0.29, 0.717) is 16.8 Å². The van der Waals surface area contributed by atoms with Crippen molar-refractivity contribution in [1.82, 2.24) is 0 Å². The molecule has 0 radical (unpaired) electrons. The van der Waals surface area contributed by atoms with Crippen LogP contribution in [0, 0.1) is 12.7 Å². The smallest absolute Gasteiger partial charge is 0.261 e. The zero-order valence-electron chi connectivity index (χ0n) is 11.6. The van der Waals surface area contributed by atoms with E-state index in [2.05, 4.69) is 4.72 Å². The van der Waals surface area contributed by atoms with Crippen LogP contribution < -0.4 is 4.72 Å². The lowest BCUT2D eigenvalue weighted by atomic mass is 10.1. The summed E-state index contributed by atoms with van der Waals surface area (Å²) >= 11 is 0. The molecule has 110 valence electrons. The molecule has 6 heteroatoms. The Balaban J connectivity index is 2.28. The monoisotopic (exact) mass is 307 g/mol. The minimum absolute atomic E-state index is 0.106. The maximum absolute atomic E-state index is 13.5. The van der Waals surface area contributed by atoms with Crippen molar-refractivity contribution in [2.75, 3.05) is 4.72 Å². The van der Waals surface area contributed by atoms with Crippen molar-refractivity contribution in [2.24, 2.45) is 0 Å². The first kappa shape index (κ1) is 15.2. The zero-order valence-corrected chi connectivity index (χ0v) is 12.4. The maximum atomic E-state index is 13.5. The second-order valence-electron chi connectivity index (χ2n) is 4.65. The standard InChI is InChI=1S/C15H14FNO3S/c1-10-3-8-14(9-15(10)16)21(19,20)17-13-6-4-12(5-7-13)11(2)18/h3-9,17H,1-2H3. The number of aryl methyl sites for hydroxylation is 1. The summed E-state index contributed by atoms with van der Waals surface area (Å²) in [5.74, 6) is -0.685. The number of anilines is 1. The van der Waals surface area contributed by atoms with Gasteiger partial charge in [-0.1, -0.05) is 6.07 Å². The lowest BCUT2D eigenvalue weighted by molar-refractivity contribution is 0.101. The second-order valence-corrected chi connectivity index (χ2v) is 6.33. The number of halogens is 1. The zero-order chi connectivity index (χ0) is 15.6. The third kappa shape index (κ3) is 3.46. The Kier molecular flexibility index (Phi) is 4.09. The van der Waals surface area contributed by atoms with Crippen LogP contribution in [0.4, 0.5) is 10.1 Å². The van der Waals surface area contributed by atoms with E-state index in [1.165, 1.54) is 43.3 Å². The van der Waals surface area contributed by atoms with Crippen LogP contribution >= 0.6 is 0 Å². The van der Waals surface area contributed by atoms with Gasteiger partial charge in [0.15, 0.2) is 5.78 Å². The molecule has 0 saturated carbocycles. The number of nitrogens with one attached hydrogen (secondary N) is 1. The molecule has 0 bridgehead atoms. The van der Waals surface area contributed by atoms with Crippen molar-refractivity contribution in [3.05, 3.63) is 59.4 Å². The Morgan fingerprint density at radius 2 is 1.71 bits per heavy atom. The van der Waals surface area contributed by atoms with E-state index in [9.17, 15) is 17.6 Å². The Morgan fingerprint density at radius 1 is 1.10 bits per heavy atom. The molecule has 0 heterocycles. The Hall–Kier alpha value is -2.21. The van der Waals surface area contributed by atoms with Crippen LogP contribution in [0.25, 0.3) is 0 Å². The Labute approximate surface area is 122 Å². The van der Waals surface area contributed by atoms with E-state index in [-0.39, 0.29) is 10.7 Å². The number of carbonyl (C=O) groups is 1. The summed E-state index contributed by atoms with van der Waals surface area (Å²) in [6.45, 7) is 2.98. The lowest BCUT2D eigenvalue weighted by Gasteiger charge is -2.09. The molecule has 2 aromatic rings. The summed E-state index contributed by atoms with van der Waals surface area (Å²) in [6, 6.07) is 9.73. The van der Waals surface area contributed by atoms with Crippen molar-refractivity contribution in [2.45, 2.75) is 18.7 Å². The van der Waals surface area contributed by atoms with Crippen LogP contribution in [0.2, 0.25) is 0 Å². The molecule has 0 atom stereocenters. The number of carbonyl (C=O) groups excluding carboxylic acids is 1. The van der Waals surface area contributed by atoms with Gasteiger partial charge in [0, 0.05) is 11.3 Å². The van der Waals surface area contributed by atoms with Crippen LogP contribution in [-0.2, 0) is 10.0 Å². The van der Waals surface area contributed by atoms with Gasteiger partial charge in [0.05, 0.1) is 4.90 Å². The van der Waals surface area contributed by atoms with Gasteiger partial charge < -0.3 is 0 Å². The average molecular weight is 307 g/mol. The number of Topliss-reactive ketones (excluding diaryl/α,β-unsaturated/α-hetero) is 1. The first-order chi connectivity index (χ1) is 9.79. The number of benzene rings is 2. The lowest BCUT2D eigenvalue weighted by Crippen LogP contribution is -2.13. The first-order valence-corrected chi connectivity index (χ1v) is 7.68. The molecule has 0 saturated heterocycles. The molecular formula is C15H14FNO3S. The van der Waals surface area contributed by atoms with Crippen molar-refractivity contribution in [1.29, 1.82) is 0 Å². The molecule has 1 N–H and O–H groups in total. The van der Waals surface area contributed by atoms with Crippen molar-refractivity contribution >= 4 is 21.5 Å². The molecule has 0 unspecified atom stereocenters. The highest BCUT2D eigenvalue weighted by Gasteiger charge is 2.15. The highest BCUT2D eigenvalue weighted by atomic mass is 32.2. The van der Waals surface area contributed by atoms with Gasteiger partial charge in [-0.05, 0) is 55.8 Å². The van der Waals surface area contributed by atoms with Crippen LogP contribution in [-0.4, -0.2) is 14.2 Å².